The lowest BCUT2D eigenvalue weighted by molar-refractivity contribution is -1.01. The quantitative estimate of drug-likeness (QED) is 0.424. The van der Waals surface area contributed by atoms with E-state index in [-0.39, 0.29) is 21.3 Å². The summed E-state index contributed by atoms with van der Waals surface area (Å²) in [6.45, 7) is 2.98. The number of azo groups is 1. The molecule has 0 aromatic rings. The van der Waals surface area contributed by atoms with Gasteiger partial charge in [-0.1, -0.05) is 0 Å². The van der Waals surface area contributed by atoms with E-state index in [2.05, 4.69) is 0 Å². The molecule has 0 bridgehead atoms. The van der Waals surface area contributed by atoms with E-state index < -0.39 is 11.1 Å². The van der Waals surface area contributed by atoms with Crippen molar-refractivity contribution in [1.82, 2.24) is 0 Å². The van der Waals surface area contributed by atoms with Crippen molar-refractivity contribution in [3.63, 3.8) is 0 Å². The Kier molecular flexibility index (Phi) is 2.91. The number of carbonyl (C=O) groups is 2. The van der Waals surface area contributed by atoms with Gasteiger partial charge in [-0.15, -0.1) is 0 Å². The lowest BCUT2D eigenvalue weighted by atomic mass is 9.99. The van der Waals surface area contributed by atoms with Crippen LogP contribution in [-0.4, -0.2) is 32.4 Å². The van der Waals surface area contributed by atoms with Crippen molar-refractivity contribution in [1.29, 1.82) is 0 Å². The maximum atomic E-state index is 12.2. The molecule has 2 unspecified atom stereocenters. The Hall–Kier alpha value is -1.46. The first kappa shape index (κ1) is 13.0. The average molecular weight is 254 g/mol. The zero-order chi connectivity index (χ0) is 13.6. The van der Waals surface area contributed by atoms with Crippen LogP contribution >= 0.6 is 0 Å². The Morgan fingerprint density at radius 1 is 0.889 bits per heavy atom. The molecule has 0 saturated heterocycles. The van der Waals surface area contributed by atoms with Crippen molar-refractivity contribution in [3.05, 3.63) is 10.4 Å². The molecule has 0 heterocycles. The first-order valence-electron chi connectivity index (χ1n) is 6.33. The van der Waals surface area contributed by atoms with Crippen molar-refractivity contribution in [2.45, 2.75) is 63.5 Å². The topological polar surface area (TPSA) is 86.3 Å². The third-order valence-corrected chi connectivity index (χ3v) is 4.35. The third-order valence-electron chi connectivity index (χ3n) is 4.35. The molecule has 2 saturated carbocycles. The molecule has 0 spiro atoms. The van der Waals surface area contributed by atoms with Crippen LogP contribution in [0.15, 0.2) is 0 Å². The molecular formula is C12H18N2O4. The minimum atomic E-state index is -1.30. The number of rotatable bonds is 2. The largest absolute Gasteiger partial charge is 0.566 e. The van der Waals surface area contributed by atoms with Gasteiger partial charge in [-0.3, -0.25) is 9.59 Å². The van der Waals surface area contributed by atoms with Crippen LogP contribution < -0.4 is 0 Å². The van der Waals surface area contributed by atoms with Gasteiger partial charge in [0.25, 0.3) is 11.1 Å². The molecule has 0 aromatic heterocycles. The van der Waals surface area contributed by atoms with Crippen LogP contribution in [0.5, 0.6) is 0 Å². The molecular weight excluding hydrogens is 236 g/mol. The Balaban J connectivity index is 2.41. The third kappa shape index (κ3) is 1.62. The number of carbonyl (C=O) groups excluding carboxylic acids is 2. The zero-order valence-corrected chi connectivity index (χ0v) is 10.8. The van der Waals surface area contributed by atoms with Crippen LogP contribution in [0.1, 0.15) is 52.4 Å². The standard InChI is InChI=1S/C12H18N2O4/c1-11(7-3-5-9(11)15)13(17)14(18)12(2)8-4-6-10(12)16/h3-8H2,1-2H3/b14-13+. The second-order valence-electron chi connectivity index (χ2n) is 5.65. The Morgan fingerprint density at radius 3 is 1.44 bits per heavy atom. The van der Waals surface area contributed by atoms with Crippen LogP contribution in [0.25, 0.3) is 0 Å². The molecule has 0 amide bonds. The van der Waals surface area contributed by atoms with Crippen LogP contribution in [0.3, 0.4) is 0 Å². The van der Waals surface area contributed by atoms with Gasteiger partial charge < -0.3 is 10.4 Å². The molecule has 2 aliphatic rings. The van der Waals surface area contributed by atoms with Crippen molar-refractivity contribution < 1.29 is 19.3 Å². The maximum Gasteiger partial charge on any atom is 0.292 e. The van der Waals surface area contributed by atoms with Gasteiger partial charge in [-0.2, -0.15) is 0 Å². The highest BCUT2D eigenvalue weighted by molar-refractivity contribution is 5.89. The molecule has 2 fully saturated rings. The summed E-state index contributed by atoms with van der Waals surface area (Å²) in [6.07, 6.45) is 2.64. The maximum absolute atomic E-state index is 12.2. The summed E-state index contributed by atoms with van der Waals surface area (Å²) >= 11 is 0. The van der Waals surface area contributed by atoms with Gasteiger partial charge in [0.05, 0.1) is 0 Å². The van der Waals surface area contributed by atoms with Gasteiger partial charge in [0.2, 0.25) is 11.6 Å². The lowest BCUT2D eigenvalue weighted by Crippen LogP contribution is -2.51. The normalized spacial score (nSPS) is 38.1. The van der Waals surface area contributed by atoms with Crippen LogP contribution in [0.4, 0.5) is 0 Å². The summed E-state index contributed by atoms with van der Waals surface area (Å²) in [5.74, 6) is -0.431. The van der Waals surface area contributed by atoms with Gasteiger partial charge in [-0.25, -0.2) is 0 Å². The zero-order valence-electron chi connectivity index (χ0n) is 10.8. The van der Waals surface area contributed by atoms with Crippen LogP contribution in [0.2, 0.25) is 0 Å². The molecule has 2 rings (SSSR count). The number of hydroxylamine groups is 2. The molecule has 0 aromatic carbocycles. The van der Waals surface area contributed by atoms with Crippen LogP contribution in [-0.2, 0) is 9.59 Å². The summed E-state index contributed by atoms with van der Waals surface area (Å²) in [7, 11) is 0. The van der Waals surface area contributed by atoms with Gasteiger partial charge in [-0.05, 0) is 12.8 Å². The van der Waals surface area contributed by atoms with Gasteiger partial charge in [0.15, 0.2) is 0 Å². The number of ketones is 2. The minimum Gasteiger partial charge on any atom is -0.566 e. The highest BCUT2D eigenvalue weighted by atomic mass is 16.6. The molecule has 100 valence electrons. The predicted molar refractivity (Wildman–Crippen MR) is 61.8 cm³/mol. The first-order valence-corrected chi connectivity index (χ1v) is 6.33. The summed E-state index contributed by atoms with van der Waals surface area (Å²) in [4.78, 5) is 23.9. The minimum absolute atomic E-state index is 0.200. The number of nitrogens with zero attached hydrogens (tertiary/aromatic N) is 2. The van der Waals surface area contributed by atoms with Crippen LogP contribution in [0, 0.1) is 10.4 Å². The van der Waals surface area contributed by atoms with E-state index in [4.69, 9.17) is 0 Å². The second kappa shape index (κ2) is 4.03. The summed E-state index contributed by atoms with van der Waals surface area (Å²) in [6, 6.07) is 0. The van der Waals surface area contributed by atoms with E-state index in [1.807, 2.05) is 0 Å². The summed E-state index contributed by atoms with van der Waals surface area (Å²) in [5, 5.41) is 24.3. The molecule has 2 aliphatic carbocycles. The fourth-order valence-corrected chi connectivity index (χ4v) is 2.81. The Labute approximate surface area is 105 Å². The van der Waals surface area contributed by atoms with E-state index in [0.717, 1.165) is 0 Å². The monoisotopic (exact) mass is 254 g/mol. The number of hydrogen-bond donors (Lipinski definition) is 0. The molecule has 0 radical (unpaired) electrons. The van der Waals surface area contributed by atoms with Gasteiger partial charge in [0, 0.05) is 49.3 Å². The molecule has 0 N–H and O–H groups in total. The summed E-state index contributed by atoms with van der Waals surface area (Å²) < 4.78 is 0. The molecule has 6 heteroatoms. The highest BCUT2D eigenvalue weighted by Gasteiger charge is 2.56. The predicted octanol–water partition coefficient (Wildman–Crippen LogP) is 1.48. The first-order chi connectivity index (χ1) is 8.32. The Morgan fingerprint density at radius 2 is 1.22 bits per heavy atom. The fraction of sp³-hybridized carbons (Fsp3) is 0.833. The second-order valence-corrected chi connectivity index (χ2v) is 5.65. The number of Topliss-reactive ketones (excluding diaryl/α,β-unsaturated/α-hetero) is 2. The molecule has 2 atom stereocenters. The van der Waals surface area contributed by atoms with E-state index >= 15 is 0 Å². The number of hydrogen-bond acceptors (Lipinski definition) is 4. The fourth-order valence-electron chi connectivity index (χ4n) is 2.81. The SMILES string of the molecule is CC1(/[N+]([O-])=[N+](\[O-])C2(C)CCCC2=O)CCCC1=O. The molecule has 6 nitrogen and oxygen atoms in total. The van der Waals surface area contributed by atoms with E-state index in [1.165, 1.54) is 13.8 Å². The van der Waals surface area contributed by atoms with E-state index in [9.17, 15) is 20.0 Å². The van der Waals surface area contributed by atoms with Gasteiger partial charge >= 0.3 is 0 Å². The van der Waals surface area contributed by atoms with E-state index in [0.29, 0.717) is 38.5 Å². The van der Waals surface area contributed by atoms with Crippen molar-refractivity contribution in [3.8, 4) is 0 Å². The Bertz CT molecular complexity index is 405. The molecule has 18 heavy (non-hydrogen) atoms. The van der Waals surface area contributed by atoms with Gasteiger partial charge in [0.1, 0.15) is 0 Å². The van der Waals surface area contributed by atoms with E-state index in [1.54, 1.807) is 0 Å². The summed E-state index contributed by atoms with van der Waals surface area (Å²) in [5.41, 5.74) is -2.60. The molecule has 0 aliphatic heterocycles. The van der Waals surface area contributed by atoms with Crippen molar-refractivity contribution in [2.75, 3.05) is 0 Å². The highest BCUT2D eigenvalue weighted by Crippen LogP contribution is 2.33. The average Bonchev–Trinajstić information content (AvgIpc) is 2.84. The van der Waals surface area contributed by atoms with Crippen molar-refractivity contribution >= 4 is 11.6 Å². The lowest BCUT2D eigenvalue weighted by Gasteiger charge is -2.23. The van der Waals surface area contributed by atoms with Crippen molar-refractivity contribution in [2.24, 2.45) is 0 Å². The smallest absolute Gasteiger partial charge is 0.292 e.